The average Bonchev–Trinajstić information content (AvgIpc) is 3.53. The molecule has 6 nitrogen and oxygen atoms in total. The van der Waals surface area contributed by atoms with Crippen LogP contribution in [0, 0.1) is 11.7 Å². The summed E-state index contributed by atoms with van der Waals surface area (Å²) in [5, 5.41) is 8.54. The number of fused-ring (bicyclic) bond motifs is 3. The molecule has 15 heteroatoms. The van der Waals surface area contributed by atoms with E-state index in [0.29, 0.717) is 12.5 Å². The van der Waals surface area contributed by atoms with E-state index in [4.69, 9.17) is 5.11 Å². The number of amides is 1. The molecule has 5 rings (SSSR count). The first kappa shape index (κ1) is 36.2. The number of carboxylic acids is 1. The van der Waals surface area contributed by atoms with E-state index in [1.807, 2.05) is 13.8 Å². The first-order valence-electron chi connectivity index (χ1n) is 14.3. The van der Waals surface area contributed by atoms with Crippen LogP contribution in [0.1, 0.15) is 69.1 Å². The van der Waals surface area contributed by atoms with E-state index in [1.165, 1.54) is 6.42 Å². The van der Waals surface area contributed by atoms with Gasteiger partial charge in [-0.1, -0.05) is 51.3 Å². The van der Waals surface area contributed by atoms with Crippen LogP contribution in [-0.4, -0.2) is 55.7 Å². The van der Waals surface area contributed by atoms with Gasteiger partial charge in [-0.15, -0.1) is 0 Å². The van der Waals surface area contributed by atoms with E-state index >= 15 is 0 Å². The van der Waals surface area contributed by atoms with Crippen LogP contribution in [0.4, 0.5) is 35.1 Å². The fourth-order valence-electron chi connectivity index (χ4n) is 6.33. The van der Waals surface area contributed by atoms with Gasteiger partial charge in [0.15, 0.2) is 9.84 Å². The van der Waals surface area contributed by atoms with E-state index < -0.39 is 62.4 Å². The summed E-state index contributed by atoms with van der Waals surface area (Å²) in [4.78, 5) is 22.7. The maximum atomic E-state index is 14.6. The quantitative estimate of drug-likeness (QED) is 0.206. The van der Waals surface area contributed by atoms with Crippen molar-refractivity contribution in [1.29, 1.82) is 0 Å². The molecule has 1 aliphatic heterocycles. The monoisotopic (exact) mass is 671 g/mol. The van der Waals surface area contributed by atoms with Gasteiger partial charge in [-0.2, -0.15) is 26.3 Å². The molecule has 0 bridgehead atoms. The van der Waals surface area contributed by atoms with Gasteiger partial charge in [-0.05, 0) is 61.1 Å². The third kappa shape index (κ3) is 6.28. The third-order valence-corrected chi connectivity index (χ3v) is 11.1. The molecule has 0 radical (unpaired) electrons. The summed E-state index contributed by atoms with van der Waals surface area (Å²) in [7, 11) is -4.42. The molecule has 2 aromatic carbocycles. The summed E-state index contributed by atoms with van der Waals surface area (Å²) < 4.78 is 133. The minimum Gasteiger partial charge on any atom is -0.481 e. The molecular weight excluding hydrogens is 638 g/mol. The second-order valence-electron chi connectivity index (χ2n) is 10.9. The fourth-order valence-corrected chi connectivity index (χ4v) is 8.67. The number of sulfone groups is 1. The van der Waals surface area contributed by atoms with Crippen LogP contribution in [0.15, 0.2) is 47.4 Å². The summed E-state index contributed by atoms with van der Waals surface area (Å²) in [5.74, 6) is -1.36. The second kappa shape index (κ2) is 13.2. The first-order valence-corrected chi connectivity index (χ1v) is 15.8. The molecule has 2 aliphatic carbocycles. The second-order valence-corrected chi connectivity index (χ2v) is 13.1. The lowest BCUT2D eigenvalue weighted by molar-refractivity contribution is -0.348. The number of hydrogen-bond donors (Lipinski definition) is 1. The van der Waals surface area contributed by atoms with Gasteiger partial charge < -0.3 is 10.0 Å². The first-order chi connectivity index (χ1) is 20.9. The normalized spacial score (nSPS) is 21.9. The van der Waals surface area contributed by atoms with Crippen molar-refractivity contribution in [3.8, 4) is 0 Å². The van der Waals surface area contributed by atoms with E-state index in [1.54, 1.807) is 0 Å². The minimum absolute atomic E-state index is 0.0289. The maximum absolute atomic E-state index is 14.6. The van der Waals surface area contributed by atoms with Gasteiger partial charge in [-0.25, -0.2) is 17.2 Å². The van der Waals surface area contributed by atoms with Crippen LogP contribution < -0.4 is 0 Å². The predicted octanol–water partition coefficient (Wildman–Crippen LogP) is 7.25. The number of benzene rings is 2. The van der Waals surface area contributed by atoms with E-state index in [9.17, 15) is 53.1 Å². The van der Waals surface area contributed by atoms with Gasteiger partial charge in [0.05, 0.1) is 16.9 Å². The highest BCUT2D eigenvalue weighted by Crippen LogP contribution is 2.57. The molecule has 250 valence electrons. The van der Waals surface area contributed by atoms with Crippen molar-refractivity contribution in [1.82, 2.24) is 4.90 Å². The molecule has 45 heavy (non-hydrogen) atoms. The summed E-state index contributed by atoms with van der Waals surface area (Å²) in [6.45, 7) is 3.95. The lowest BCUT2D eigenvalue weighted by Crippen LogP contribution is -2.50. The summed E-state index contributed by atoms with van der Waals surface area (Å²) >= 11 is 0. The van der Waals surface area contributed by atoms with Crippen molar-refractivity contribution in [2.45, 2.75) is 92.5 Å². The third-order valence-electron chi connectivity index (χ3n) is 8.53. The van der Waals surface area contributed by atoms with Gasteiger partial charge in [0.2, 0.25) is 6.41 Å². The van der Waals surface area contributed by atoms with Crippen LogP contribution in [0.5, 0.6) is 0 Å². The van der Waals surface area contributed by atoms with Crippen LogP contribution in [0.25, 0.3) is 0 Å². The molecule has 2 unspecified atom stereocenters. The molecule has 2 atom stereocenters. The number of alkyl halides is 7. The zero-order valence-electron chi connectivity index (χ0n) is 24.4. The maximum Gasteiger partial charge on any atom is 0.435 e. The Morgan fingerprint density at radius 2 is 1.49 bits per heavy atom. The Balaban J connectivity index is 0.000000427. The standard InChI is InChI=1S/C21H15F8NO3S.C7H12O2.C2H6/c22-14-2-4-15(5-3-14)34(32,33)18-7-8-30(11-31)17(18)10-12-9-13(1-6-16(12)18)19(23,20(24,25)26)21(27,28)29;8-7(9)6-4-2-1-3-5-6;1-2/h1-6,9,11,17H,7-8,10H2;6H,1-5H2,(H,8,9);1-2H3. The number of carboxylic acid groups (broad SMARTS) is 1. The average molecular weight is 672 g/mol. The van der Waals surface area contributed by atoms with E-state index in [0.717, 1.165) is 60.9 Å². The number of aliphatic carboxylic acids is 1. The molecule has 0 spiro atoms. The number of hydrogen-bond acceptors (Lipinski definition) is 4. The Morgan fingerprint density at radius 3 is 1.96 bits per heavy atom. The van der Waals surface area contributed by atoms with Gasteiger partial charge in [0.25, 0.3) is 0 Å². The minimum atomic E-state index is -6.33. The van der Waals surface area contributed by atoms with E-state index in [-0.39, 0.29) is 41.0 Å². The molecule has 1 saturated carbocycles. The number of nitrogens with zero attached hydrogens (tertiary/aromatic N) is 1. The topological polar surface area (TPSA) is 91.8 Å². The highest BCUT2D eigenvalue weighted by molar-refractivity contribution is 7.92. The number of rotatable bonds is 5. The van der Waals surface area contributed by atoms with Gasteiger partial charge in [-0.3, -0.25) is 9.59 Å². The van der Waals surface area contributed by atoms with E-state index in [2.05, 4.69) is 0 Å². The Kier molecular flexibility index (Phi) is 10.7. The van der Waals surface area contributed by atoms with Crippen molar-refractivity contribution >= 4 is 22.2 Å². The van der Waals surface area contributed by atoms with Gasteiger partial charge >= 0.3 is 24.0 Å². The lowest BCUT2D eigenvalue weighted by Gasteiger charge is -2.32. The van der Waals surface area contributed by atoms with Crippen molar-refractivity contribution < 1.29 is 58.2 Å². The Labute approximate surface area is 255 Å². The van der Waals surface area contributed by atoms with Gasteiger partial charge in [0.1, 0.15) is 10.6 Å². The molecule has 0 aromatic heterocycles. The molecule has 2 aromatic rings. The lowest BCUT2D eigenvalue weighted by atomic mass is 9.90. The zero-order chi connectivity index (χ0) is 34.0. The Hall–Kier alpha value is -3.23. The van der Waals surface area contributed by atoms with Crippen molar-refractivity contribution in [3.63, 3.8) is 0 Å². The number of likely N-dealkylation sites (tertiary alicyclic amines) is 1. The van der Waals surface area contributed by atoms with Crippen LogP contribution in [0.3, 0.4) is 0 Å². The van der Waals surface area contributed by atoms with Crippen molar-refractivity contribution in [3.05, 3.63) is 65.0 Å². The van der Waals surface area contributed by atoms with Crippen LogP contribution in [-0.2, 0) is 36.3 Å². The molecule has 1 saturated heterocycles. The molecule has 1 N–H and O–H groups in total. The number of halogens is 8. The van der Waals surface area contributed by atoms with Crippen molar-refractivity contribution in [2.24, 2.45) is 5.92 Å². The Bertz CT molecular complexity index is 1460. The predicted molar refractivity (Wildman–Crippen MR) is 147 cm³/mol. The summed E-state index contributed by atoms with van der Waals surface area (Å²) in [6, 6.07) is 3.94. The largest absolute Gasteiger partial charge is 0.481 e. The van der Waals surface area contributed by atoms with Gasteiger partial charge in [0, 0.05) is 12.1 Å². The van der Waals surface area contributed by atoms with Crippen LogP contribution >= 0.6 is 0 Å². The molecular formula is C30H33F8NO5S. The molecule has 2 fully saturated rings. The van der Waals surface area contributed by atoms with Crippen LogP contribution in [0.2, 0.25) is 0 Å². The highest BCUT2D eigenvalue weighted by atomic mass is 32.2. The number of carbonyl (C=O) groups is 2. The molecule has 1 heterocycles. The SMILES string of the molecule is CC.O=C(O)C1CCCCC1.O=CN1CCC2(S(=O)(=O)c3ccc(F)cc3)c3ccc(C(F)(C(F)(F)F)C(F)(F)F)cc3CC12. The fraction of sp³-hybridized carbons (Fsp3) is 0.533. The smallest absolute Gasteiger partial charge is 0.435 e. The highest BCUT2D eigenvalue weighted by Gasteiger charge is 2.74. The zero-order valence-corrected chi connectivity index (χ0v) is 25.2. The summed E-state index contributed by atoms with van der Waals surface area (Å²) in [5.41, 5.74) is -7.80. The number of carbonyl (C=O) groups excluding carboxylic acids is 1. The molecule has 1 amide bonds. The van der Waals surface area contributed by atoms with Crippen molar-refractivity contribution in [2.75, 3.05) is 6.54 Å². The summed E-state index contributed by atoms with van der Waals surface area (Å²) in [6.07, 6.45) is -7.70. The molecule has 3 aliphatic rings. The Morgan fingerprint density at radius 1 is 0.933 bits per heavy atom.